The highest BCUT2D eigenvalue weighted by atomic mass is 32.2. The van der Waals surface area contributed by atoms with Gasteiger partial charge in [-0.1, -0.05) is 6.92 Å². The van der Waals surface area contributed by atoms with Crippen LogP contribution in [0.25, 0.3) is 0 Å². The molecule has 0 aliphatic rings. The van der Waals surface area contributed by atoms with E-state index in [2.05, 4.69) is 4.72 Å². The zero-order chi connectivity index (χ0) is 11.5. The average Bonchev–Trinajstić information content (AvgIpc) is 2.18. The molecule has 15 heavy (non-hydrogen) atoms. The molecule has 0 heterocycles. The van der Waals surface area contributed by atoms with E-state index in [4.69, 9.17) is 11.1 Å². The Bertz CT molecular complexity index is 451. The summed E-state index contributed by atoms with van der Waals surface area (Å²) in [6, 6.07) is 5.86. The van der Waals surface area contributed by atoms with Crippen molar-refractivity contribution in [2.45, 2.75) is 11.8 Å². The zero-order valence-electron chi connectivity index (χ0n) is 8.32. The Morgan fingerprint density at radius 2 is 1.93 bits per heavy atom. The predicted octanol–water partition coefficient (Wildman–Crippen LogP) is 0.269. The molecule has 1 aromatic carbocycles. The van der Waals surface area contributed by atoms with Crippen LogP contribution < -0.4 is 10.5 Å². The number of nitrogens with one attached hydrogen (secondary N) is 2. The van der Waals surface area contributed by atoms with E-state index in [1.807, 2.05) is 0 Å². The molecule has 0 aromatic heterocycles. The summed E-state index contributed by atoms with van der Waals surface area (Å²) in [4.78, 5) is 0.175. The molecule has 0 bridgehead atoms. The highest BCUT2D eigenvalue weighted by Gasteiger charge is 2.11. The van der Waals surface area contributed by atoms with Gasteiger partial charge in [0.05, 0.1) is 4.90 Å². The molecule has 0 aliphatic heterocycles. The number of sulfonamides is 1. The third-order valence-corrected chi connectivity index (χ3v) is 3.37. The second-order valence-electron chi connectivity index (χ2n) is 2.94. The van der Waals surface area contributed by atoms with E-state index in [0.29, 0.717) is 12.1 Å². The first-order valence-electron chi connectivity index (χ1n) is 4.41. The molecular weight excluding hydrogens is 214 g/mol. The molecule has 0 atom stereocenters. The maximum absolute atomic E-state index is 11.5. The van der Waals surface area contributed by atoms with E-state index >= 15 is 0 Å². The maximum Gasteiger partial charge on any atom is 0.240 e. The summed E-state index contributed by atoms with van der Waals surface area (Å²) in [6.07, 6.45) is 0. The van der Waals surface area contributed by atoms with Gasteiger partial charge >= 0.3 is 0 Å². The van der Waals surface area contributed by atoms with Crippen LogP contribution in [0.5, 0.6) is 0 Å². The van der Waals surface area contributed by atoms with Crippen LogP contribution in [0.4, 0.5) is 0 Å². The van der Waals surface area contributed by atoms with Gasteiger partial charge in [0.1, 0.15) is 5.84 Å². The first-order valence-corrected chi connectivity index (χ1v) is 5.90. The van der Waals surface area contributed by atoms with E-state index < -0.39 is 10.0 Å². The Balaban J connectivity index is 3.04. The van der Waals surface area contributed by atoms with Crippen LogP contribution in [-0.4, -0.2) is 20.8 Å². The van der Waals surface area contributed by atoms with Gasteiger partial charge in [0.15, 0.2) is 0 Å². The molecule has 1 aromatic rings. The average molecular weight is 227 g/mol. The van der Waals surface area contributed by atoms with Crippen molar-refractivity contribution >= 4 is 15.9 Å². The number of benzene rings is 1. The SMILES string of the molecule is CCNS(=O)(=O)c1ccc(C(=N)N)cc1. The summed E-state index contributed by atoms with van der Waals surface area (Å²) >= 11 is 0. The molecule has 0 spiro atoms. The summed E-state index contributed by atoms with van der Waals surface area (Å²) in [5, 5.41) is 7.16. The summed E-state index contributed by atoms with van der Waals surface area (Å²) in [5.41, 5.74) is 5.75. The molecular formula is C9H13N3O2S. The molecule has 0 aliphatic carbocycles. The molecule has 0 unspecified atom stereocenters. The zero-order valence-corrected chi connectivity index (χ0v) is 9.14. The minimum atomic E-state index is -3.41. The third-order valence-electron chi connectivity index (χ3n) is 1.81. The second-order valence-corrected chi connectivity index (χ2v) is 4.71. The van der Waals surface area contributed by atoms with E-state index in [-0.39, 0.29) is 10.7 Å². The quantitative estimate of drug-likeness (QED) is 0.509. The van der Waals surface area contributed by atoms with Crippen LogP contribution in [0.15, 0.2) is 29.2 Å². The molecule has 5 nitrogen and oxygen atoms in total. The van der Waals surface area contributed by atoms with Crippen molar-refractivity contribution in [3.05, 3.63) is 29.8 Å². The van der Waals surface area contributed by atoms with Crippen LogP contribution in [-0.2, 0) is 10.0 Å². The van der Waals surface area contributed by atoms with Crippen LogP contribution in [0, 0.1) is 5.41 Å². The number of hydrogen-bond donors (Lipinski definition) is 3. The minimum Gasteiger partial charge on any atom is -0.384 e. The first kappa shape index (κ1) is 11.7. The number of amidine groups is 1. The number of hydrogen-bond acceptors (Lipinski definition) is 3. The molecule has 0 amide bonds. The molecule has 4 N–H and O–H groups in total. The molecule has 6 heteroatoms. The Morgan fingerprint density at radius 3 is 2.33 bits per heavy atom. The first-order chi connectivity index (χ1) is 6.97. The topological polar surface area (TPSA) is 96.0 Å². The molecule has 0 saturated carbocycles. The molecule has 0 fully saturated rings. The normalized spacial score (nSPS) is 11.3. The predicted molar refractivity (Wildman–Crippen MR) is 58.3 cm³/mol. The van der Waals surface area contributed by atoms with Gasteiger partial charge < -0.3 is 5.73 Å². The van der Waals surface area contributed by atoms with Gasteiger partial charge in [0.25, 0.3) is 0 Å². The minimum absolute atomic E-state index is 0.0811. The van der Waals surface area contributed by atoms with Crippen LogP contribution in [0.1, 0.15) is 12.5 Å². The summed E-state index contributed by atoms with van der Waals surface area (Å²) < 4.78 is 25.4. The smallest absolute Gasteiger partial charge is 0.240 e. The highest BCUT2D eigenvalue weighted by molar-refractivity contribution is 7.89. The van der Waals surface area contributed by atoms with E-state index in [0.717, 1.165) is 0 Å². The lowest BCUT2D eigenvalue weighted by Gasteiger charge is -2.04. The monoisotopic (exact) mass is 227 g/mol. The number of nitrogen functional groups attached to an aromatic ring is 1. The summed E-state index contributed by atoms with van der Waals surface area (Å²) in [6.45, 7) is 2.05. The lowest BCUT2D eigenvalue weighted by Crippen LogP contribution is -2.23. The van der Waals surface area contributed by atoms with Gasteiger partial charge in [-0.25, -0.2) is 13.1 Å². The van der Waals surface area contributed by atoms with Gasteiger partial charge in [0.2, 0.25) is 10.0 Å². The molecule has 0 radical (unpaired) electrons. The lowest BCUT2D eigenvalue weighted by atomic mass is 10.2. The molecule has 1 rings (SSSR count). The van der Waals surface area contributed by atoms with Crippen molar-refractivity contribution in [2.24, 2.45) is 5.73 Å². The Kier molecular flexibility index (Phi) is 3.43. The Labute approximate surface area is 88.9 Å². The molecule has 0 saturated heterocycles. The van der Waals surface area contributed by atoms with E-state index in [1.54, 1.807) is 6.92 Å². The fourth-order valence-corrected chi connectivity index (χ4v) is 2.13. The van der Waals surface area contributed by atoms with Gasteiger partial charge in [-0.05, 0) is 24.3 Å². The number of rotatable bonds is 4. The van der Waals surface area contributed by atoms with Crippen LogP contribution in [0.3, 0.4) is 0 Å². The lowest BCUT2D eigenvalue weighted by molar-refractivity contribution is 0.584. The fraction of sp³-hybridized carbons (Fsp3) is 0.222. The van der Waals surface area contributed by atoms with Gasteiger partial charge in [-0.15, -0.1) is 0 Å². The Hall–Kier alpha value is -1.40. The maximum atomic E-state index is 11.5. The van der Waals surface area contributed by atoms with Crippen molar-refractivity contribution in [2.75, 3.05) is 6.54 Å². The fourth-order valence-electron chi connectivity index (χ4n) is 1.09. The second kappa shape index (κ2) is 4.41. The van der Waals surface area contributed by atoms with Crippen LogP contribution in [0.2, 0.25) is 0 Å². The van der Waals surface area contributed by atoms with Gasteiger partial charge in [-0.3, -0.25) is 5.41 Å². The summed E-state index contributed by atoms with van der Waals surface area (Å²) in [7, 11) is -3.41. The standard InChI is InChI=1S/C9H13N3O2S/c1-2-12-15(13,14)8-5-3-7(4-6-8)9(10)11/h3-6,12H,2H2,1H3,(H3,10,11). The van der Waals surface area contributed by atoms with Crippen molar-refractivity contribution in [1.29, 1.82) is 5.41 Å². The van der Waals surface area contributed by atoms with E-state index in [1.165, 1.54) is 24.3 Å². The summed E-state index contributed by atoms with van der Waals surface area (Å²) in [5.74, 6) is -0.0811. The molecule has 82 valence electrons. The number of nitrogens with two attached hydrogens (primary N) is 1. The van der Waals surface area contributed by atoms with Crippen molar-refractivity contribution in [3.8, 4) is 0 Å². The Morgan fingerprint density at radius 1 is 1.40 bits per heavy atom. The van der Waals surface area contributed by atoms with E-state index in [9.17, 15) is 8.42 Å². The van der Waals surface area contributed by atoms with Gasteiger partial charge in [-0.2, -0.15) is 0 Å². The van der Waals surface area contributed by atoms with Gasteiger partial charge in [0, 0.05) is 12.1 Å². The van der Waals surface area contributed by atoms with Crippen molar-refractivity contribution < 1.29 is 8.42 Å². The van der Waals surface area contributed by atoms with Crippen molar-refractivity contribution in [1.82, 2.24) is 4.72 Å². The largest absolute Gasteiger partial charge is 0.384 e. The third kappa shape index (κ3) is 2.77. The van der Waals surface area contributed by atoms with Crippen molar-refractivity contribution in [3.63, 3.8) is 0 Å². The highest BCUT2D eigenvalue weighted by Crippen LogP contribution is 2.09. The van der Waals surface area contributed by atoms with Crippen LogP contribution >= 0.6 is 0 Å².